The topological polar surface area (TPSA) is 117 Å². The summed E-state index contributed by atoms with van der Waals surface area (Å²) >= 11 is 1.68. The van der Waals surface area contributed by atoms with Crippen LogP contribution in [-0.2, 0) is 9.59 Å². The highest BCUT2D eigenvalue weighted by molar-refractivity contribution is 7.15. The van der Waals surface area contributed by atoms with Crippen molar-refractivity contribution in [2.45, 2.75) is 51.5 Å². The van der Waals surface area contributed by atoms with Crippen molar-refractivity contribution < 1.29 is 14.4 Å². The Labute approximate surface area is 178 Å². The summed E-state index contributed by atoms with van der Waals surface area (Å²) in [6.07, 6.45) is 4.06. The lowest BCUT2D eigenvalue weighted by Gasteiger charge is -2.31. The van der Waals surface area contributed by atoms with Gasteiger partial charge in [-0.3, -0.25) is 14.9 Å². The van der Waals surface area contributed by atoms with Gasteiger partial charge in [0.15, 0.2) is 0 Å². The molecule has 2 fully saturated rings. The molecule has 2 N–H and O–H groups in total. The number of imide groups is 1. The number of hydrogen-bond acceptors (Lipinski definition) is 7. The largest absolute Gasteiger partial charge is 0.343 e. The van der Waals surface area contributed by atoms with Crippen LogP contribution in [0.25, 0.3) is 10.6 Å². The smallest absolute Gasteiger partial charge is 0.322 e. The molecule has 0 saturated carbocycles. The van der Waals surface area contributed by atoms with Gasteiger partial charge in [0.25, 0.3) is 5.91 Å². The number of piperidine rings is 1. The molecule has 4 heterocycles. The zero-order chi connectivity index (χ0) is 21.3. The van der Waals surface area contributed by atoms with Crippen LogP contribution in [0.5, 0.6) is 0 Å². The molecule has 2 aliphatic rings. The maximum Gasteiger partial charge on any atom is 0.322 e. The molecular weight excluding hydrogens is 404 g/mol. The van der Waals surface area contributed by atoms with Crippen molar-refractivity contribution in [3.05, 3.63) is 28.8 Å². The summed E-state index contributed by atoms with van der Waals surface area (Å²) < 4.78 is 0. The number of likely N-dealkylation sites (tertiary alicyclic amines) is 1. The Morgan fingerprint density at radius 2 is 2.00 bits per heavy atom. The van der Waals surface area contributed by atoms with Gasteiger partial charge < -0.3 is 10.2 Å². The van der Waals surface area contributed by atoms with Crippen LogP contribution in [-0.4, -0.2) is 56.8 Å². The van der Waals surface area contributed by atoms with Crippen LogP contribution in [0.15, 0.2) is 12.3 Å². The van der Waals surface area contributed by atoms with Crippen LogP contribution >= 0.6 is 11.3 Å². The molecule has 2 aromatic heterocycles. The summed E-state index contributed by atoms with van der Waals surface area (Å²) in [6.45, 7) is 5.23. The van der Waals surface area contributed by atoms with E-state index in [4.69, 9.17) is 4.98 Å². The first-order chi connectivity index (χ1) is 14.4. The van der Waals surface area contributed by atoms with Gasteiger partial charge in [-0.15, -0.1) is 11.3 Å². The van der Waals surface area contributed by atoms with Crippen molar-refractivity contribution in [3.63, 3.8) is 0 Å². The number of nitrogens with zero attached hydrogens (tertiary/aromatic N) is 4. The number of thiazole rings is 1. The number of amides is 4. The molecule has 30 heavy (non-hydrogen) atoms. The first kappa shape index (κ1) is 20.4. The predicted molar refractivity (Wildman–Crippen MR) is 111 cm³/mol. The van der Waals surface area contributed by atoms with Crippen molar-refractivity contribution in [2.24, 2.45) is 0 Å². The quantitative estimate of drug-likeness (QED) is 0.703. The van der Waals surface area contributed by atoms with Gasteiger partial charge in [-0.2, -0.15) is 0 Å². The van der Waals surface area contributed by atoms with Crippen LogP contribution in [0, 0.1) is 13.8 Å². The molecule has 0 bridgehead atoms. The van der Waals surface area contributed by atoms with Crippen molar-refractivity contribution in [2.75, 3.05) is 13.1 Å². The second-order valence-corrected chi connectivity index (χ2v) is 8.70. The minimum absolute atomic E-state index is 0.0230. The van der Waals surface area contributed by atoms with E-state index in [0.29, 0.717) is 25.4 Å². The number of rotatable bonds is 5. The van der Waals surface area contributed by atoms with E-state index >= 15 is 0 Å². The second-order valence-electron chi connectivity index (χ2n) is 7.66. The van der Waals surface area contributed by atoms with Gasteiger partial charge in [-0.1, -0.05) is 0 Å². The lowest BCUT2D eigenvalue weighted by Crippen LogP contribution is -2.39. The fourth-order valence-corrected chi connectivity index (χ4v) is 5.08. The summed E-state index contributed by atoms with van der Waals surface area (Å²) in [5.74, 6) is 0.729. The van der Waals surface area contributed by atoms with Crippen molar-refractivity contribution in [1.82, 2.24) is 30.5 Å². The molecule has 9 nitrogen and oxygen atoms in total. The SMILES string of the molecule is Cc1nccc(-c2sc(C3CCN(C(=O)CC[C@H]4NC(=O)NC4=O)CC3)nc2C)n1. The van der Waals surface area contributed by atoms with E-state index in [1.807, 2.05) is 24.8 Å². The average molecular weight is 429 g/mol. The fraction of sp³-hybridized carbons (Fsp3) is 0.500. The second kappa shape index (κ2) is 8.47. The van der Waals surface area contributed by atoms with E-state index in [1.165, 1.54) is 0 Å². The minimum Gasteiger partial charge on any atom is -0.343 e. The molecule has 0 radical (unpaired) electrons. The molecule has 0 unspecified atom stereocenters. The third-order valence-electron chi connectivity index (χ3n) is 5.52. The van der Waals surface area contributed by atoms with Gasteiger partial charge in [0, 0.05) is 31.6 Å². The Hall–Kier alpha value is -2.88. The van der Waals surface area contributed by atoms with E-state index in [9.17, 15) is 14.4 Å². The van der Waals surface area contributed by atoms with Gasteiger partial charge in [0.1, 0.15) is 11.9 Å². The monoisotopic (exact) mass is 428 g/mol. The van der Waals surface area contributed by atoms with E-state index < -0.39 is 12.1 Å². The van der Waals surface area contributed by atoms with Crippen molar-refractivity contribution in [1.29, 1.82) is 0 Å². The zero-order valence-electron chi connectivity index (χ0n) is 17.0. The Balaban J connectivity index is 1.32. The first-order valence-corrected chi connectivity index (χ1v) is 10.9. The van der Waals surface area contributed by atoms with E-state index in [1.54, 1.807) is 17.5 Å². The highest BCUT2D eigenvalue weighted by atomic mass is 32.1. The number of carbonyl (C=O) groups is 3. The minimum atomic E-state index is -0.610. The maximum atomic E-state index is 12.5. The molecule has 4 rings (SSSR count). The number of carbonyl (C=O) groups excluding carboxylic acids is 3. The molecule has 0 aromatic carbocycles. The van der Waals surface area contributed by atoms with Crippen molar-refractivity contribution in [3.8, 4) is 10.6 Å². The van der Waals surface area contributed by atoms with E-state index in [2.05, 4.69) is 20.6 Å². The van der Waals surface area contributed by atoms with Gasteiger partial charge in [-0.05, 0) is 39.2 Å². The van der Waals surface area contributed by atoms with E-state index in [-0.39, 0.29) is 18.2 Å². The molecule has 2 aliphatic heterocycles. The van der Waals surface area contributed by atoms with Crippen LogP contribution < -0.4 is 10.6 Å². The van der Waals surface area contributed by atoms with Gasteiger partial charge >= 0.3 is 6.03 Å². The van der Waals surface area contributed by atoms with E-state index in [0.717, 1.165) is 39.9 Å². The number of urea groups is 1. The number of nitrogens with one attached hydrogen (secondary N) is 2. The van der Waals surface area contributed by atoms with Crippen LogP contribution in [0.2, 0.25) is 0 Å². The molecule has 0 aliphatic carbocycles. The standard InChI is InChI=1S/C20H24N6O3S/c1-11-17(14-5-8-21-12(2)23-14)30-19(22-11)13-6-9-26(10-7-13)16(27)4-3-15-18(28)25-20(29)24-15/h5,8,13,15H,3-4,6-7,9-10H2,1-2H3,(H2,24,25,28,29)/t15-/m1/s1. The molecule has 158 valence electrons. The fourth-order valence-electron chi connectivity index (χ4n) is 3.88. The Kier molecular flexibility index (Phi) is 5.76. The first-order valence-electron chi connectivity index (χ1n) is 10.1. The Morgan fingerprint density at radius 3 is 2.67 bits per heavy atom. The number of aromatic nitrogens is 3. The molecule has 0 spiro atoms. The molecule has 1 atom stereocenters. The highest BCUT2D eigenvalue weighted by Gasteiger charge is 2.31. The molecule has 10 heteroatoms. The normalized spacial score (nSPS) is 19.7. The third kappa shape index (κ3) is 4.33. The third-order valence-corrected chi connectivity index (χ3v) is 6.87. The Bertz CT molecular complexity index is 983. The summed E-state index contributed by atoms with van der Waals surface area (Å²) in [5, 5.41) is 5.81. The molecule has 2 saturated heterocycles. The summed E-state index contributed by atoms with van der Waals surface area (Å²) in [6, 6.07) is 0.806. The van der Waals surface area contributed by atoms with Crippen LogP contribution in [0.3, 0.4) is 0 Å². The Morgan fingerprint density at radius 1 is 1.23 bits per heavy atom. The zero-order valence-corrected chi connectivity index (χ0v) is 17.8. The highest BCUT2D eigenvalue weighted by Crippen LogP contribution is 2.36. The molecular formula is C20H24N6O3S. The molecule has 4 amide bonds. The maximum absolute atomic E-state index is 12.5. The summed E-state index contributed by atoms with van der Waals surface area (Å²) in [7, 11) is 0. The lowest BCUT2D eigenvalue weighted by molar-refractivity contribution is -0.132. The van der Waals surface area contributed by atoms with Crippen LogP contribution in [0.4, 0.5) is 4.79 Å². The summed E-state index contributed by atoms with van der Waals surface area (Å²) in [5.41, 5.74) is 1.88. The van der Waals surface area contributed by atoms with Crippen molar-refractivity contribution >= 4 is 29.2 Å². The van der Waals surface area contributed by atoms with Gasteiger partial charge in [0.05, 0.1) is 21.3 Å². The number of aryl methyl sites for hydroxylation is 2. The lowest BCUT2D eigenvalue weighted by atomic mass is 9.97. The van der Waals surface area contributed by atoms with Gasteiger partial charge in [-0.25, -0.2) is 19.7 Å². The number of hydrogen-bond donors (Lipinski definition) is 2. The van der Waals surface area contributed by atoms with Gasteiger partial charge in [0.2, 0.25) is 5.91 Å². The predicted octanol–water partition coefficient (Wildman–Crippen LogP) is 1.91. The van der Waals surface area contributed by atoms with Crippen LogP contribution in [0.1, 0.15) is 48.1 Å². The average Bonchev–Trinajstić information content (AvgIpc) is 3.27. The molecule has 2 aromatic rings. The summed E-state index contributed by atoms with van der Waals surface area (Å²) in [4.78, 5) is 51.6.